The fraction of sp³-hybridized carbons (Fsp3) is 0.133. The molecule has 0 aliphatic heterocycles. The van der Waals surface area contributed by atoms with Crippen molar-refractivity contribution in [2.45, 2.75) is 6.92 Å². The van der Waals surface area contributed by atoms with Gasteiger partial charge in [0.1, 0.15) is 17.1 Å². The Balaban J connectivity index is 2.27. The number of H-pyrrole nitrogens is 1. The van der Waals surface area contributed by atoms with Crippen LogP contribution in [0.2, 0.25) is 0 Å². The second-order valence-corrected chi connectivity index (χ2v) is 5.69. The molecule has 108 valence electrons. The van der Waals surface area contributed by atoms with E-state index in [2.05, 4.69) is 20.9 Å². The van der Waals surface area contributed by atoms with Gasteiger partial charge in [-0.2, -0.15) is 0 Å². The van der Waals surface area contributed by atoms with Crippen molar-refractivity contribution in [1.82, 2.24) is 9.55 Å². The van der Waals surface area contributed by atoms with E-state index in [9.17, 15) is 4.39 Å². The van der Waals surface area contributed by atoms with Crippen LogP contribution >= 0.6 is 28.1 Å². The number of nitrogens with zero attached hydrogens (tertiary/aromatic N) is 1. The number of hydrogen-bond acceptors (Lipinski definition) is 2. The summed E-state index contributed by atoms with van der Waals surface area (Å²) < 4.78 is 21.8. The number of nitrogens with one attached hydrogen (secondary N) is 1. The molecule has 0 atom stereocenters. The van der Waals surface area contributed by atoms with Gasteiger partial charge in [0.2, 0.25) is 0 Å². The van der Waals surface area contributed by atoms with Gasteiger partial charge in [0, 0.05) is 5.69 Å². The van der Waals surface area contributed by atoms with E-state index in [-0.39, 0.29) is 5.82 Å². The van der Waals surface area contributed by atoms with E-state index in [1.807, 2.05) is 29.7 Å². The molecule has 3 nitrogen and oxygen atoms in total. The Hall–Kier alpha value is -1.66. The first kappa shape index (κ1) is 14.3. The third-order valence-electron chi connectivity index (χ3n) is 3.14. The van der Waals surface area contributed by atoms with E-state index in [1.54, 1.807) is 12.1 Å². The molecule has 6 heteroatoms. The van der Waals surface area contributed by atoms with Crippen LogP contribution in [0, 0.1) is 10.6 Å². The molecule has 0 aliphatic carbocycles. The summed E-state index contributed by atoms with van der Waals surface area (Å²) >= 11 is 8.60. The van der Waals surface area contributed by atoms with Gasteiger partial charge in [-0.25, -0.2) is 4.39 Å². The van der Waals surface area contributed by atoms with Gasteiger partial charge in [0.15, 0.2) is 4.77 Å². The van der Waals surface area contributed by atoms with Crippen LogP contribution < -0.4 is 4.74 Å². The van der Waals surface area contributed by atoms with Crippen molar-refractivity contribution < 1.29 is 9.13 Å². The zero-order chi connectivity index (χ0) is 15.0. The maximum atomic E-state index is 13.4. The summed E-state index contributed by atoms with van der Waals surface area (Å²) in [6, 6.07) is 10.5. The monoisotopic (exact) mass is 366 g/mol. The largest absolute Gasteiger partial charge is 0.492 e. The van der Waals surface area contributed by atoms with Crippen LogP contribution in [0.3, 0.4) is 0 Å². The SMILES string of the molecule is CCOc1cccc2c1[nH]c(=S)n2-c1ccc(F)c(Br)c1. The summed E-state index contributed by atoms with van der Waals surface area (Å²) in [5.41, 5.74) is 2.52. The van der Waals surface area contributed by atoms with Gasteiger partial charge in [-0.05, 0) is 65.4 Å². The molecule has 0 saturated carbocycles. The molecule has 1 N–H and O–H groups in total. The van der Waals surface area contributed by atoms with Crippen LogP contribution in [0.4, 0.5) is 4.39 Å². The molecule has 21 heavy (non-hydrogen) atoms. The zero-order valence-corrected chi connectivity index (χ0v) is 13.6. The van der Waals surface area contributed by atoms with E-state index in [0.29, 0.717) is 15.9 Å². The number of para-hydroxylation sites is 1. The number of fused-ring (bicyclic) bond motifs is 1. The minimum atomic E-state index is -0.305. The van der Waals surface area contributed by atoms with Crippen molar-refractivity contribution in [3.05, 3.63) is 51.5 Å². The number of aromatic amines is 1. The Kier molecular flexibility index (Phi) is 3.82. The lowest BCUT2D eigenvalue weighted by atomic mass is 10.2. The summed E-state index contributed by atoms with van der Waals surface area (Å²) in [6.45, 7) is 2.51. The van der Waals surface area contributed by atoms with Crippen LogP contribution in [0.15, 0.2) is 40.9 Å². The van der Waals surface area contributed by atoms with Crippen LogP contribution in [0.1, 0.15) is 6.92 Å². The summed E-state index contributed by atoms with van der Waals surface area (Å²) in [6.07, 6.45) is 0. The molecule has 0 saturated heterocycles. The fourth-order valence-electron chi connectivity index (χ4n) is 2.26. The molecule has 2 aromatic carbocycles. The van der Waals surface area contributed by atoms with Crippen LogP contribution in [0.25, 0.3) is 16.7 Å². The average molecular weight is 367 g/mol. The topological polar surface area (TPSA) is 29.9 Å². The van der Waals surface area contributed by atoms with Crippen molar-refractivity contribution >= 4 is 39.2 Å². The lowest BCUT2D eigenvalue weighted by molar-refractivity contribution is 0.343. The minimum Gasteiger partial charge on any atom is -0.492 e. The Morgan fingerprint density at radius 1 is 1.33 bits per heavy atom. The zero-order valence-electron chi connectivity index (χ0n) is 11.2. The predicted octanol–water partition coefficient (Wildman–Crippen LogP) is 4.99. The third kappa shape index (κ3) is 2.49. The lowest BCUT2D eigenvalue weighted by Crippen LogP contribution is -1.95. The van der Waals surface area contributed by atoms with E-state index in [4.69, 9.17) is 17.0 Å². The minimum absolute atomic E-state index is 0.305. The molecule has 1 aromatic heterocycles. The number of hydrogen-bond donors (Lipinski definition) is 1. The predicted molar refractivity (Wildman–Crippen MR) is 87.3 cm³/mol. The number of imidazole rings is 1. The number of ether oxygens (including phenoxy) is 1. The molecule has 1 heterocycles. The Bertz CT molecular complexity index is 872. The molecular weight excluding hydrogens is 355 g/mol. The first-order valence-electron chi connectivity index (χ1n) is 6.43. The van der Waals surface area contributed by atoms with Crippen LogP contribution in [-0.2, 0) is 0 Å². The maximum absolute atomic E-state index is 13.4. The van der Waals surface area contributed by atoms with Gasteiger partial charge < -0.3 is 9.72 Å². The van der Waals surface area contributed by atoms with Gasteiger partial charge in [-0.3, -0.25) is 4.57 Å². The Labute approximate surface area is 134 Å². The summed E-state index contributed by atoms with van der Waals surface area (Å²) in [7, 11) is 0. The van der Waals surface area contributed by atoms with Crippen molar-refractivity contribution in [2.75, 3.05) is 6.61 Å². The van der Waals surface area contributed by atoms with Crippen LogP contribution in [0.5, 0.6) is 5.75 Å². The highest BCUT2D eigenvalue weighted by atomic mass is 79.9. The van der Waals surface area contributed by atoms with Gasteiger partial charge in [0.05, 0.1) is 16.6 Å². The molecule has 0 unspecified atom stereocenters. The number of benzene rings is 2. The second-order valence-electron chi connectivity index (χ2n) is 4.45. The first-order chi connectivity index (χ1) is 10.1. The van der Waals surface area contributed by atoms with E-state index < -0.39 is 0 Å². The Morgan fingerprint density at radius 3 is 2.86 bits per heavy atom. The quantitative estimate of drug-likeness (QED) is 0.661. The molecule has 0 aliphatic rings. The average Bonchev–Trinajstić information content (AvgIpc) is 2.80. The number of halogens is 2. The van der Waals surface area contributed by atoms with Gasteiger partial charge in [0.25, 0.3) is 0 Å². The summed E-state index contributed by atoms with van der Waals surface area (Å²) in [5, 5.41) is 0. The molecule has 0 spiro atoms. The molecule has 0 radical (unpaired) electrons. The van der Waals surface area contributed by atoms with Crippen LogP contribution in [-0.4, -0.2) is 16.2 Å². The third-order valence-corrected chi connectivity index (χ3v) is 4.03. The van der Waals surface area contributed by atoms with Gasteiger partial charge in [-0.1, -0.05) is 6.07 Å². The molecule has 3 aromatic rings. The van der Waals surface area contributed by atoms with Crippen molar-refractivity contribution in [1.29, 1.82) is 0 Å². The van der Waals surface area contributed by atoms with Crippen molar-refractivity contribution in [3.8, 4) is 11.4 Å². The standard InChI is InChI=1S/C15H12BrFN2OS/c1-2-20-13-5-3-4-12-14(13)18-15(21)19(12)9-6-7-11(17)10(16)8-9/h3-8H,2H2,1H3,(H,18,21). The fourth-order valence-corrected chi connectivity index (χ4v) is 2.93. The highest BCUT2D eigenvalue weighted by molar-refractivity contribution is 9.10. The normalized spacial score (nSPS) is 11.0. The highest BCUT2D eigenvalue weighted by Gasteiger charge is 2.11. The number of aromatic nitrogens is 2. The number of rotatable bonds is 3. The molecule has 0 amide bonds. The van der Waals surface area contributed by atoms with Gasteiger partial charge >= 0.3 is 0 Å². The van der Waals surface area contributed by atoms with E-state index in [1.165, 1.54) is 6.07 Å². The summed E-state index contributed by atoms with van der Waals surface area (Å²) in [5.74, 6) is 0.446. The van der Waals surface area contributed by atoms with E-state index in [0.717, 1.165) is 22.5 Å². The molecule has 0 fully saturated rings. The van der Waals surface area contributed by atoms with Gasteiger partial charge in [-0.15, -0.1) is 0 Å². The molecule has 0 bridgehead atoms. The lowest BCUT2D eigenvalue weighted by Gasteiger charge is -2.07. The highest BCUT2D eigenvalue weighted by Crippen LogP contribution is 2.28. The first-order valence-corrected chi connectivity index (χ1v) is 7.64. The maximum Gasteiger partial charge on any atom is 0.182 e. The molecular formula is C15H12BrFN2OS. The smallest absolute Gasteiger partial charge is 0.182 e. The van der Waals surface area contributed by atoms with Crippen molar-refractivity contribution in [2.24, 2.45) is 0 Å². The van der Waals surface area contributed by atoms with Crippen molar-refractivity contribution in [3.63, 3.8) is 0 Å². The summed E-state index contributed by atoms with van der Waals surface area (Å²) in [4.78, 5) is 3.16. The van der Waals surface area contributed by atoms with E-state index >= 15 is 0 Å². The Morgan fingerprint density at radius 2 is 2.14 bits per heavy atom. The molecule has 3 rings (SSSR count). The second kappa shape index (κ2) is 5.61.